The Labute approximate surface area is 115 Å². The zero-order valence-corrected chi connectivity index (χ0v) is 11.2. The van der Waals surface area contributed by atoms with Gasteiger partial charge in [0.05, 0.1) is 25.5 Å². The first-order chi connectivity index (χ1) is 9.67. The zero-order valence-electron chi connectivity index (χ0n) is 11.2. The summed E-state index contributed by atoms with van der Waals surface area (Å²) in [6.07, 6.45) is 0. The summed E-state index contributed by atoms with van der Waals surface area (Å²) < 4.78 is 11.0. The summed E-state index contributed by atoms with van der Waals surface area (Å²) in [5.74, 6) is -0.533. The molecule has 0 aliphatic rings. The first kappa shape index (κ1) is 13.8. The molecular formula is C14H14N2O4. The molecular weight excluding hydrogens is 260 g/mol. The van der Waals surface area contributed by atoms with Gasteiger partial charge in [0.2, 0.25) is 5.69 Å². The van der Waals surface area contributed by atoms with Crippen molar-refractivity contribution < 1.29 is 14.3 Å². The van der Waals surface area contributed by atoms with Crippen molar-refractivity contribution in [1.29, 1.82) is 0 Å². The topological polar surface area (TPSA) is 70.4 Å². The first-order valence-electron chi connectivity index (χ1n) is 6.08. The first-order valence-corrected chi connectivity index (χ1v) is 6.08. The Morgan fingerprint density at radius 2 is 2.00 bits per heavy atom. The van der Waals surface area contributed by atoms with Crippen LogP contribution >= 0.6 is 0 Å². The number of carbonyl (C=O) groups is 1. The van der Waals surface area contributed by atoms with Gasteiger partial charge in [0.1, 0.15) is 0 Å². The Morgan fingerprint density at radius 1 is 1.30 bits per heavy atom. The summed E-state index contributed by atoms with van der Waals surface area (Å²) in [6, 6.07) is 10.0. The molecule has 1 aromatic heterocycles. The van der Waals surface area contributed by atoms with Crippen LogP contribution in [-0.4, -0.2) is 29.5 Å². The van der Waals surface area contributed by atoms with Crippen LogP contribution in [0, 0.1) is 0 Å². The summed E-state index contributed by atoms with van der Waals surface area (Å²) in [4.78, 5) is 23.8. The molecule has 6 heteroatoms. The van der Waals surface area contributed by atoms with Crippen LogP contribution in [-0.2, 0) is 4.74 Å². The average Bonchev–Trinajstić information content (AvgIpc) is 2.48. The van der Waals surface area contributed by atoms with Crippen molar-refractivity contribution in [3.8, 4) is 11.4 Å². The quantitative estimate of drug-likeness (QED) is 0.788. The largest absolute Gasteiger partial charge is 0.494 e. The van der Waals surface area contributed by atoms with Crippen LogP contribution in [0.25, 0.3) is 5.69 Å². The molecule has 0 spiro atoms. The molecule has 0 N–H and O–H groups in total. The van der Waals surface area contributed by atoms with Gasteiger partial charge in [-0.2, -0.15) is 9.78 Å². The van der Waals surface area contributed by atoms with E-state index in [1.807, 2.05) is 6.07 Å². The maximum Gasteiger partial charge on any atom is 0.362 e. The molecule has 2 aromatic rings. The van der Waals surface area contributed by atoms with Gasteiger partial charge in [-0.1, -0.05) is 18.2 Å². The number of para-hydroxylation sites is 1. The van der Waals surface area contributed by atoms with E-state index in [-0.39, 0.29) is 23.6 Å². The molecule has 0 aliphatic heterocycles. The van der Waals surface area contributed by atoms with Gasteiger partial charge in [-0.15, -0.1) is 0 Å². The van der Waals surface area contributed by atoms with E-state index in [0.717, 1.165) is 4.68 Å². The van der Waals surface area contributed by atoms with E-state index in [9.17, 15) is 9.59 Å². The maximum atomic E-state index is 12.0. The van der Waals surface area contributed by atoms with E-state index >= 15 is 0 Å². The fourth-order valence-electron chi connectivity index (χ4n) is 1.69. The molecule has 0 amide bonds. The highest BCUT2D eigenvalue weighted by Gasteiger charge is 2.18. The van der Waals surface area contributed by atoms with E-state index in [0.29, 0.717) is 5.69 Å². The molecule has 1 heterocycles. The molecule has 0 saturated carbocycles. The number of carbonyl (C=O) groups excluding carboxylic acids is 1. The van der Waals surface area contributed by atoms with E-state index in [1.54, 1.807) is 31.2 Å². The van der Waals surface area contributed by atoms with Gasteiger partial charge in [-0.3, -0.25) is 4.79 Å². The minimum Gasteiger partial charge on any atom is -0.494 e. The third kappa shape index (κ3) is 2.69. The number of benzene rings is 1. The Bertz CT molecular complexity index is 665. The second-order valence-corrected chi connectivity index (χ2v) is 3.87. The fraction of sp³-hybridized carbons (Fsp3) is 0.214. The Hall–Kier alpha value is -2.63. The SMILES string of the molecule is CCOC(=O)c1nn(-c2ccccc2)c(=O)cc1OC. The van der Waals surface area contributed by atoms with Crippen molar-refractivity contribution in [2.24, 2.45) is 0 Å². The number of aromatic nitrogens is 2. The van der Waals surface area contributed by atoms with Crippen LogP contribution in [0.5, 0.6) is 5.75 Å². The molecule has 0 unspecified atom stereocenters. The van der Waals surface area contributed by atoms with Crippen molar-refractivity contribution in [3.05, 3.63) is 52.4 Å². The molecule has 0 aliphatic carbocycles. The third-order valence-electron chi connectivity index (χ3n) is 2.59. The number of esters is 1. The minimum atomic E-state index is -0.631. The molecule has 6 nitrogen and oxygen atoms in total. The molecule has 20 heavy (non-hydrogen) atoms. The highest BCUT2D eigenvalue weighted by atomic mass is 16.5. The highest BCUT2D eigenvalue weighted by molar-refractivity contribution is 5.90. The number of hydrogen-bond acceptors (Lipinski definition) is 5. The maximum absolute atomic E-state index is 12.0. The van der Waals surface area contributed by atoms with Crippen LogP contribution in [0.3, 0.4) is 0 Å². The zero-order chi connectivity index (χ0) is 14.5. The van der Waals surface area contributed by atoms with Gasteiger partial charge in [-0.25, -0.2) is 4.79 Å². The fourth-order valence-corrected chi connectivity index (χ4v) is 1.69. The standard InChI is InChI=1S/C14H14N2O4/c1-3-20-14(18)13-11(19-2)9-12(17)16(15-13)10-7-5-4-6-8-10/h4-9H,3H2,1-2H3. The summed E-state index contributed by atoms with van der Waals surface area (Å²) in [5.41, 5.74) is 0.143. The predicted octanol–water partition coefficient (Wildman–Crippen LogP) is 1.42. The van der Waals surface area contributed by atoms with Crippen molar-refractivity contribution in [3.63, 3.8) is 0 Å². The molecule has 1 aromatic carbocycles. The highest BCUT2D eigenvalue weighted by Crippen LogP contribution is 2.15. The second-order valence-electron chi connectivity index (χ2n) is 3.87. The van der Waals surface area contributed by atoms with Gasteiger partial charge < -0.3 is 9.47 Å². The molecule has 0 saturated heterocycles. The molecule has 0 atom stereocenters. The third-order valence-corrected chi connectivity index (χ3v) is 2.59. The number of nitrogens with zero attached hydrogens (tertiary/aromatic N) is 2. The molecule has 0 bridgehead atoms. The van der Waals surface area contributed by atoms with Crippen LogP contribution < -0.4 is 10.3 Å². The van der Waals surface area contributed by atoms with E-state index in [4.69, 9.17) is 9.47 Å². The second kappa shape index (κ2) is 6.01. The van der Waals surface area contributed by atoms with Gasteiger partial charge in [0, 0.05) is 0 Å². The lowest BCUT2D eigenvalue weighted by Crippen LogP contribution is -2.24. The lowest BCUT2D eigenvalue weighted by molar-refractivity contribution is 0.0513. The number of ether oxygens (including phenoxy) is 2. The Balaban J connectivity index is 2.58. The van der Waals surface area contributed by atoms with Crippen LogP contribution in [0.4, 0.5) is 0 Å². The number of hydrogen-bond donors (Lipinski definition) is 0. The van der Waals surface area contributed by atoms with Crippen molar-refractivity contribution >= 4 is 5.97 Å². The van der Waals surface area contributed by atoms with Crippen LogP contribution in [0.15, 0.2) is 41.2 Å². The van der Waals surface area contributed by atoms with E-state index < -0.39 is 5.97 Å². The van der Waals surface area contributed by atoms with Gasteiger partial charge in [-0.05, 0) is 19.1 Å². The Morgan fingerprint density at radius 3 is 2.60 bits per heavy atom. The smallest absolute Gasteiger partial charge is 0.362 e. The predicted molar refractivity (Wildman–Crippen MR) is 72.3 cm³/mol. The summed E-state index contributed by atoms with van der Waals surface area (Å²) in [5, 5.41) is 4.04. The number of methoxy groups -OCH3 is 1. The normalized spacial score (nSPS) is 10.1. The monoisotopic (exact) mass is 274 g/mol. The number of rotatable bonds is 4. The molecule has 0 radical (unpaired) electrons. The van der Waals surface area contributed by atoms with Gasteiger partial charge in [0.15, 0.2) is 5.75 Å². The summed E-state index contributed by atoms with van der Waals surface area (Å²) in [7, 11) is 1.37. The van der Waals surface area contributed by atoms with Crippen molar-refractivity contribution in [2.45, 2.75) is 6.92 Å². The van der Waals surface area contributed by atoms with Crippen LogP contribution in [0.1, 0.15) is 17.4 Å². The molecule has 2 rings (SSSR count). The minimum absolute atomic E-state index is 0.0298. The lowest BCUT2D eigenvalue weighted by Gasteiger charge is -2.10. The molecule has 0 fully saturated rings. The van der Waals surface area contributed by atoms with Crippen LogP contribution in [0.2, 0.25) is 0 Å². The van der Waals surface area contributed by atoms with Gasteiger partial charge in [0.25, 0.3) is 5.56 Å². The van der Waals surface area contributed by atoms with E-state index in [1.165, 1.54) is 13.2 Å². The van der Waals surface area contributed by atoms with Crippen molar-refractivity contribution in [2.75, 3.05) is 13.7 Å². The summed E-state index contributed by atoms with van der Waals surface area (Å²) in [6.45, 7) is 1.91. The molecule has 104 valence electrons. The Kier molecular flexibility index (Phi) is 4.14. The average molecular weight is 274 g/mol. The summed E-state index contributed by atoms with van der Waals surface area (Å²) >= 11 is 0. The lowest BCUT2D eigenvalue weighted by atomic mass is 10.3. The van der Waals surface area contributed by atoms with E-state index in [2.05, 4.69) is 5.10 Å². The van der Waals surface area contributed by atoms with Crippen molar-refractivity contribution in [1.82, 2.24) is 9.78 Å². The van der Waals surface area contributed by atoms with Gasteiger partial charge >= 0.3 is 5.97 Å².